The summed E-state index contributed by atoms with van der Waals surface area (Å²) in [4.78, 5) is 31.2. The van der Waals surface area contributed by atoms with Crippen LogP contribution in [0.1, 0.15) is 58.0 Å². The van der Waals surface area contributed by atoms with Gasteiger partial charge >= 0.3 is 0 Å². The van der Waals surface area contributed by atoms with Gasteiger partial charge in [-0.25, -0.2) is 13.8 Å². The van der Waals surface area contributed by atoms with Gasteiger partial charge in [0.25, 0.3) is 5.91 Å². The molecule has 1 aliphatic heterocycles. The van der Waals surface area contributed by atoms with Crippen LogP contribution in [0.3, 0.4) is 0 Å². The van der Waals surface area contributed by atoms with E-state index in [-0.39, 0.29) is 48.3 Å². The largest absolute Gasteiger partial charge is 0.484 e. The van der Waals surface area contributed by atoms with Crippen molar-refractivity contribution in [1.29, 1.82) is 0 Å². The van der Waals surface area contributed by atoms with Crippen molar-refractivity contribution in [3.8, 4) is 5.75 Å². The Kier molecular flexibility index (Phi) is 7.67. The first-order chi connectivity index (χ1) is 18.9. The molecular weight excluding hydrogens is 504 g/mol. The van der Waals surface area contributed by atoms with E-state index in [1.807, 2.05) is 30.0 Å². The molecule has 0 saturated carbocycles. The highest BCUT2D eigenvalue weighted by molar-refractivity contribution is 5.91. The zero-order valence-corrected chi connectivity index (χ0v) is 21.3. The van der Waals surface area contributed by atoms with Gasteiger partial charge < -0.3 is 19.4 Å². The van der Waals surface area contributed by atoms with E-state index in [1.54, 1.807) is 24.3 Å². The maximum Gasteiger partial charge on any atom is 0.273 e. The van der Waals surface area contributed by atoms with E-state index in [9.17, 15) is 18.4 Å². The number of hydrogen-bond donors (Lipinski definition) is 1. The molecule has 5 rings (SSSR count). The molecule has 0 bridgehead atoms. The summed E-state index contributed by atoms with van der Waals surface area (Å²) in [5.41, 5.74) is 3.53. The monoisotopic (exact) mass is 531 g/mol. The van der Waals surface area contributed by atoms with E-state index in [2.05, 4.69) is 10.3 Å². The molecule has 0 fully saturated rings. The van der Waals surface area contributed by atoms with E-state index < -0.39 is 5.91 Å². The van der Waals surface area contributed by atoms with Crippen molar-refractivity contribution in [3.05, 3.63) is 118 Å². The summed E-state index contributed by atoms with van der Waals surface area (Å²) >= 11 is 0. The number of oxazole rings is 1. The van der Waals surface area contributed by atoms with E-state index >= 15 is 0 Å². The van der Waals surface area contributed by atoms with Crippen LogP contribution in [0, 0.1) is 11.6 Å². The third-order valence-electron chi connectivity index (χ3n) is 6.64. The molecule has 2 amide bonds. The van der Waals surface area contributed by atoms with Crippen molar-refractivity contribution in [2.45, 2.75) is 39.0 Å². The van der Waals surface area contributed by atoms with Crippen LogP contribution in [0.2, 0.25) is 0 Å². The van der Waals surface area contributed by atoms with Crippen molar-refractivity contribution < 1.29 is 27.5 Å². The highest BCUT2D eigenvalue weighted by Gasteiger charge is 2.31. The average molecular weight is 532 g/mol. The van der Waals surface area contributed by atoms with Gasteiger partial charge in [0.05, 0.1) is 6.04 Å². The maximum absolute atomic E-state index is 13.6. The fraction of sp³-hybridized carbons (Fsp3) is 0.233. The molecule has 2 heterocycles. The third-order valence-corrected chi connectivity index (χ3v) is 6.64. The number of hydrogen-bond acceptors (Lipinski definition) is 5. The van der Waals surface area contributed by atoms with Gasteiger partial charge in [-0.15, -0.1) is 0 Å². The van der Waals surface area contributed by atoms with Crippen LogP contribution >= 0.6 is 0 Å². The minimum atomic E-state index is -0.453. The molecule has 1 aliphatic rings. The number of carbonyl (C=O) groups is 2. The van der Waals surface area contributed by atoms with Gasteiger partial charge in [-0.05, 0) is 65.1 Å². The van der Waals surface area contributed by atoms with Crippen molar-refractivity contribution >= 4 is 11.8 Å². The van der Waals surface area contributed by atoms with Crippen LogP contribution in [0.15, 0.2) is 77.4 Å². The van der Waals surface area contributed by atoms with Gasteiger partial charge in [-0.3, -0.25) is 9.59 Å². The smallest absolute Gasteiger partial charge is 0.273 e. The summed E-state index contributed by atoms with van der Waals surface area (Å²) in [6, 6.07) is 17.5. The van der Waals surface area contributed by atoms with Crippen molar-refractivity contribution in [3.63, 3.8) is 0 Å². The highest BCUT2D eigenvalue weighted by atomic mass is 19.1. The molecule has 9 heteroatoms. The fourth-order valence-electron chi connectivity index (χ4n) is 4.71. The lowest BCUT2D eigenvalue weighted by molar-refractivity contribution is -0.132. The Morgan fingerprint density at radius 2 is 1.90 bits per heavy atom. The van der Waals surface area contributed by atoms with Crippen molar-refractivity contribution in [2.24, 2.45) is 0 Å². The molecule has 0 saturated heterocycles. The molecule has 3 aromatic carbocycles. The molecule has 0 unspecified atom stereocenters. The van der Waals surface area contributed by atoms with Crippen LogP contribution in [0.4, 0.5) is 8.78 Å². The zero-order chi connectivity index (χ0) is 27.4. The number of benzene rings is 3. The van der Waals surface area contributed by atoms with Crippen LogP contribution in [0.25, 0.3) is 0 Å². The Morgan fingerprint density at radius 3 is 2.67 bits per heavy atom. The van der Waals surface area contributed by atoms with Gasteiger partial charge in [0.1, 0.15) is 23.6 Å². The molecule has 1 N–H and O–H groups in total. The Hall–Kier alpha value is -4.53. The summed E-state index contributed by atoms with van der Waals surface area (Å²) in [5, 5.41) is 2.68. The summed E-state index contributed by atoms with van der Waals surface area (Å²) in [7, 11) is 0. The van der Waals surface area contributed by atoms with Gasteiger partial charge in [-0.2, -0.15) is 0 Å². The highest BCUT2D eigenvalue weighted by Crippen LogP contribution is 2.37. The normalized spacial score (nSPS) is 14.5. The van der Waals surface area contributed by atoms with Crippen molar-refractivity contribution in [1.82, 2.24) is 15.2 Å². The number of ether oxygens (including phenoxy) is 1. The van der Waals surface area contributed by atoms with Crippen LogP contribution in [-0.2, 0) is 24.4 Å². The van der Waals surface area contributed by atoms with Crippen LogP contribution < -0.4 is 10.1 Å². The zero-order valence-electron chi connectivity index (χ0n) is 21.3. The molecule has 1 aromatic heterocycles. The fourth-order valence-corrected chi connectivity index (χ4v) is 4.71. The molecular formula is C30H27F2N3O4. The first kappa shape index (κ1) is 26.1. The van der Waals surface area contributed by atoms with E-state index in [1.165, 1.54) is 30.5 Å². The second-order valence-electron chi connectivity index (χ2n) is 9.23. The predicted molar refractivity (Wildman–Crippen MR) is 139 cm³/mol. The minimum Gasteiger partial charge on any atom is -0.484 e. The molecule has 0 spiro atoms. The topological polar surface area (TPSA) is 84.7 Å². The van der Waals surface area contributed by atoms with Gasteiger partial charge in [0.15, 0.2) is 12.3 Å². The third kappa shape index (κ3) is 5.98. The molecule has 1 atom stereocenters. The van der Waals surface area contributed by atoms with Crippen molar-refractivity contribution in [2.75, 3.05) is 6.54 Å². The first-order valence-corrected chi connectivity index (χ1v) is 12.7. The first-order valence-electron chi connectivity index (χ1n) is 12.7. The lowest BCUT2D eigenvalue weighted by Crippen LogP contribution is -2.40. The quantitative estimate of drug-likeness (QED) is 0.332. The Labute approximate surface area is 224 Å². The molecule has 4 aromatic rings. The average Bonchev–Trinajstić information content (AvgIpc) is 3.43. The predicted octanol–water partition coefficient (Wildman–Crippen LogP) is 5.35. The van der Waals surface area contributed by atoms with Crippen LogP contribution in [0.5, 0.6) is 5.75 Å². The number of carbonyl (C=O) groups excluding carboxylic acids is 2. The summed E-state index contributed by atoms with van der Waals surface area (Å²) < 4.78 is 38.3. The molecule has 0 radical (unpaired) electrons. The number of fused-ring (bicyclic) bond motifs is 1. The molecule has 39 heavy (non-hydrogen) atoms. The number of nitrogens with one attached hydrogen (secondary N) is 1. The lowest BCUT2D eigenvalue weighted by Gasteiger charge is -2.38. The second kappa shape index (κ2) is 11.5. The maximum atomic E-state index is 13.6. The Morgan fingerprint density at radius 1 is 1.08 bits per heavy atom. The summed E-state index contributed by atoms with van der Waals surface area (Å²) in [6.45, 7) is 2.53. The second-order valence-corrected chi connectivity index (χ2v) is 9.23. The molecule has 7 nitrogen and oxygen atoms in total. The van der Waals surface area contributed by atoms with E-state index in [0.717, 1.165) is 16.7 Å². The Balaban J connectivity index is 1.29. The summed E-state index contributed by atoms with van der Waals surface area (Å²) in [5.74, 6) is -0.398. The number of nitrogens with zero attached hydrogens (tertiary/aromatic N) is 2. The van der Waals surface area contributed by atoms with E-state index in [4.69, 9.17) is 9.15 Å². The lowest BCUT2D eigenvalue weighted by atomic mass is 9.87. The molecule has 200 valence electrons. The SMILES string of the molecule is CCC(=O)N1CCc2ccc(OCc3nc(C(=O)NCc4cccc(F)c4)co3)cc2[C@@H]1c1ccc(F)cc1. The van der Waals surface area contributed by atoms with Crippen LogP contribution in [-0.4, -0.2) is 28.2 Å². The molecule has 0 aliphatic carbocycles. The number of amides is 2. The van der Waals surface area contributed by atoms with Gasteiger partial charge in [0, 0.05) is 19.5 Å². The standard InChI is InChI=1S/C30H27F2N3O4/c1-2-28(36)35-13-12-20-8-11-24(15-25(20)29(35)21-6-9-22(31)10-7-21)38-18-27-34-26(17-39-27)30(37)33-16-19-4-3-5-23(32)14-19/h3-11,14-15,17,29H,2,12-13,16,18H2,1H3,(H,33,37)/t29-/m0/s1. The minimum absolute atomic E-state index is 0.0179. The van der Waals surface area contributed by atoms with E-state index in [0.29, 0.717) is 30.7 Å². The number of halogens is 2. The summed E-state index contributed by atoms with van der Waals surface area (Å²) in [6.07, 6.45) is 2.31. The number of rotatable bonds is 8. The van der Waals surface area contributed by atoms with Gasteiger partial charge in [0.2, 0.25) is 11.8 Å². The van der Waals surface area contributed by atoms with Gasteiger partial charge in [-0.1, -0.05) is 37.3 Å². The Bertz CT molecular complexity index is 1490. The number of aromatic nitrogens is 1.